The molecule has 0 unspecified atom stereocenters. The van der Waals surface area contributed by atoms with E-state index in [1.165, 1.54) is 18.4 Å². The minimum Gasteiger partial charge on any atom is -0.497 e. The summed E-state index contributed by atoms with van der Waals surface area (Å²) in [5.41, 5.74) is 1.22. The van der Waals surface area contributed by atoms with Gasteiger partial charge in [0.15, 0.2) is 16.7 Å². The van der Waals surface area contributed by atoms with Gasteiger partial charge in [-0.15, -0.1) is 10.2 Å². The van der Waals surface area contributed by atoms with Crippen LogP contribution in [0.15, 0.2) is 76.5 Å². The first-order chi connectivity index (χ1) is 16.5. The zero-order valence-corrected chi connectivity index (χ0v) is 18.8. The predicted molar refractivity (Wildman–Crippen MR) is 124 cm³/mol. The molecule has 0 aliphatic heterocycles. The van der Waals surface area contributed by atoms with Crippen molar-refractivity contribution in [1.82, 2.24) is 20.1 Å². The molecule has 0 aliphatic carbocycles. The maximum Gasteiger partial charge on any atom is 0.287 e. The van der Waals surface area contributed by atoms with Crippen molar-refractivity contribution in [3.63, 3.8) is 0 Å². The van der Waals surface area contributed by atoms with Gasteiger partial charge in [-0.2, -0.15) is 0 Å². The molecule has 2 heterocycles. The second-order valence-electron chi connectivity index (χ2n) is 6.94. The Balaban J connectivity index is 1.47. The normalized spacial score (nSPS) is 10.6. The zero-order chi connectivity index (χ0) is 23.9. The number of thioether (sulfide) groups is 1. The van der Waals surface area contributed by atoms with Crippen LogP contribution >= 0.6 is 11.8 Å². The monoisotopic (exact) mass is 481 g/mol. The predicted octanol–water partition coefficient (Wildman–Crippen LogP) is 3.67. The topological polar surface area (TPSA) is 111 Å². The molecule has 11 heteroatoms. The molecule has 0 aliphatic rings. The van der Waals surface area contributed by atoms with Crippen molar-refractivity contribution in [2.75, 3.05) is 18.2 Å². The van der Waals surface area contributed by atoms with E-state index in [9.17, 15) is 14.0 Å². The van der Waals surface area contributed by atoms with Gasteiger partial charge in [-0.05, 0) is 60.7 Å². The van der Waals surface area contributed by atoms with Gasteiger partial charge in [-0.25, -0.2) is 4.39 Å². The van der Waals surface area contributed by atoms with Crippen molar-refractivity contribution in [2.45, 2.75) is 11.7 Å². The summed E-state index contributed by atoms with van der Waals surface area (Å²) in [6.45, 7) is 0.0442. The van der Waals surface area contributed by atoms with Gasteiger partial charge in [-0.1, -0.05) is 11.8 Å². The Labute approximate surface area is 198 Å². The third-order valence-electron chi connectivity index (χ3n) is 4.64. The SMILES string of the molecule is COc1ccc(NC(=O)CSc2nnc(CNC(=O)c3ccco3)n2-c2ccc(F)cc2)cc1. The highest BCUT2D eigenvalue weighted by Gasteiger charge is 2.18. The maximum atomic E-state index is 13.5. The number of carbonyl (C=O) groups is 2. The van der Waals surface area contributed by atoms with Crippen LogP contribution in [-0.4, -0.2) is 39.4 Å². The second-order valence-corrected chi connectivity index (χ2v) is 7.88. The molecule has 4 rings (SSSR count). The van der Waals surface area contributed by atoms with Gasteiger partial charge in [-0.3, -0.25) is 14.2 Å². The molecular formula is C23H20FN5O4S. The van der Waals surface area contributed by atoms with E-state index in [4.69, 9.17) is 9.15 Å². The summed E-state index contributed by atoms with van der Waals surface area (Å²) in [5, 5.41) is 14.3. The quantitative estimate of drug-likeness (QED) is 0.351. The highest BCUT2D eigenvalue weighted by atomic mass is 32.2. The smallest absolute Gasteiger partial charge is 0.287 e. The van der Waals surface area contributed by atoms with Crippen molar-refractivity contribution in [2.24, 2.45) is 0 Å². The molecule has 2 aromatic heterocycles. The Bertz CT molecular complexity index is 1260. The molecule has 2 N–H and O–H groups in total. The van der Waals surface area contributed by atoms with E-state index in [1.807, 2.05) is 0 Å². The lowest BCUT2D eigenvalue weighted by Gasteiger charge is -2.11. The second kappa shape index (κ2) is 10.7. The molecule has 174 valence electrons. The molecule has 2 amide bonds. The number of rotatable bonds is 9. The number of amides is 2. The van der Waals surface area contributed by atoms with Crippen molar-refractivity contribution in [1.29, 1.82) is 0 Å². The number of ether oxygens (including phenoxy) is 1. The number of nitrogens with zero attached hydrogens (tertiary/aromatic N) is 3. The van der Waals surface area contributed by atoms with Crippen LogP contribution in [0.3, 0.4) is 0 Å². The minimum atomic E-state index is -0.410. The van der Waals surface area contributed by atoms with Crippen molar-refractivity contribution in [3.05, 3.63) is 84.3 Å². The minimum absolute atomic E-state index is 0.0442. The average molecular weight is 482 g/mol. The Morgan fingerprint density at radius 1 is 1.09 bits per heavy atom. The number of hydrogen-bond donors (Lipinski definition) is 2. The van der Waals surface area contributed by atoms with Gasteiger partial charge >= 0.3 is 0 Å². The van der Waals surface area contributed by atoms with Crippen molar-refractivity contribution >= 4 is 29.3 Å². The Morgan fingerprint density at radius 3 is 2.53 bits per heavy atom. The van der Waals surface area contributed by atoms with Gasteiger partial charge in [0.05, 0.1) is 25.7 Å². The lowest BCUT2D eigenvalue weighted by Crippen LogP contribution is -2.24. The summed E-state index contributed by atoms with van der Waals surface area (Å²) < 4.78 is 25.3. The third-order valence-corrected chi connectivity index (χ3v) is 5.57. The first-order valence-corrected chi connectivity index (χ1v) is 11.1. The number of halogens is 1. The highest BCUT2D eigenvalue weighted by molar-refractivity contribution is 7.99. The number of nitrogens with one attached hydrogen (secondary N) is 2. The fourth-order valence-electron chi connectivity index (χ4n) is 3.01. The van der Waals surface area contributed by atoms with Crippen LogP contribution in [0.5, 0.6) is 5.75 Å². The lowest BCUT2D eigenvalue weighted by atomic mass is 10.3. The summed E-state index contributed by atoms with van der Waals surface area (Å²) in [6, 6.07) is 15.9. The van der Waals surface area contributed by atoms with E-state index in [-0.39, 0.29) is 24.0 Å². The number of methoxy groups -OCH3 is 1. The molecule has 0 radical (unpaired) electrons. The average Bonchev–Trinajstić information content (AvgIpc) is 3.53. The first kappa shape index (κ1) is 23.1. The molecule has 0 saturated heterocycles. The fraction of sp³-hybridized carbons (Fsp3) is 0.130. The van der Waals surface area contributed by atoms with Crippen LogP contribution in [0.2, 0.25) is 0 Å². The van der Waals surface area contributed by atoms with Crippen LogP contribution in [0.1, 0.15) is 16.4 Å². The van der Waals surface area contributed by atoms with Gasteiger partial charge in [0.2, 0.25) is 5.91 Å². The van der Waals surface area contributed by atoms with Crippen molar-refractivity contribution < 1.29 is 23.1 Å². The highest BCUT2D eigenvalue weighted by Crippen LogP contribution is 2.23. The van der Waals surface area contributed by atoms with Gasteiger partial charge in [0.1, 0.15) is 11.6 Å². The number of benzene rings is 2. The standard InChI is InChI=1S/C23H20FN5O4S/c1-32-18-10-6-16(7-11-18)26-21(30)14-34-23-28-27-20(13-25-22(31)19-3-2-12-33-19)29(23)17-8-4-15(24)5-9-17/h2-12H,13-14H2,1H3,(H,25,31)(H,26,30). The molecule has 34 heavy (non-hydrogen) atoms. The largest absolute Gasteiger partial charge is 0.497 e. The van der Waals surface area contributed by atoms with E-state index in [2.05, 4.69) is 20.8 Å². The molecule has 0 bridgehead atoms. The number of aromatic nitrogens is 3. The van der Waals surface area contributed by atoms with E-state index in [0.717, 1.165) is 11.8 Å². The molecule has 0 fully saturated rings. The van der Waals surface area contributed by atoms with Crippen LogP contribution in [0, 0.1) is 5.82 Å². The van der Waals surface area contributed by atoms with E-state index < -0.39 is 11.7 Å². The van der Waals surface area contributed by atoms with E-state index in [0.29, 0.717) is 28.1 Å². The van der Waals surface area contributed by atoms with Gasteiger partial charge in [0.25, 0.3) is 5.91 Å². The molecule has 2 aromatic carbocycles. The summed E-state index contributed by atoms with van der Waals surface area (Å²) in [4.78, 5) is 24.7. The third kappa shape index (κ3) is 5.62. The van der Waals surface area contributed by atoms with Crippen molar-refractivity contribution in [3.8, 4) is 11.4 Å². The maximum absolute atomic E-state index is 13.5. The summed E-state index contributed by atoms with van der Waals surface area (Å²) in [5.74, 6) is 0.277. The summed E-state index contributed by atoms with van der Waals surface area (Å²) in [7, 11) is 1.57. The summed E-state index contributed by atoms with van der Waals surface area (Å²) in [6.07, 6.45) is 1.40. The Morgan fingerprint density at radius 2 is 1.85 bits per heavy atom. The van der Waals surface area contributed by atoms with Gasteiger partial charge in [0, 0.05) is 11.4 Å². The first-order valence-electron chi connectivity index (χ1n) is 10.1. The zero-order valence-electron chi connectivity index (χ0n) is 18.0. The number of furan rings is 1. The van der Waals surface area contributed by atoms with E-state index in [1.54, 1.807) is 60.2 Å². The van der Waals surface area contributed by atoms with Crippen LogP contribution < -0.4 is 15.4 Å². The Kier molecular flexibility index (Phi) is 7.23. The number of anilines is 1. The van der Waals surface area contributed by atoms with Crippen LogP contribution in [0.25, 0.3) is 5.69 Å². The Hall–Kier alpha value is -4.12. The lowest BCUT2D eigenvalue weighted by molar-refractivity contribution is -0.113. The molecule has 4 aromatic rings. The fourth-order valence-corrected chi connectivity index (χ4v) is 3.78. The number of carbonyl (C=O) groups excluding carboxylic acids is 2. The van der Waals surface area contributed by atoms with E-state index >= 15 is 0 Å². The number of hydrogen-bond acceptors (Lipinski definition) is 7. The molecule has 9 nitrogen and oxygen atoms in total. The van der Waals surface area contributed by atoms with Gasteiger partial charge < -0.3 is 19.8 Å². The molecule has 0 saturated carbocycles. The summed E-state index contributed by atoms with van der Waals surface area (Å²) >= 11 is 1.16. The van der Waals surface area contributed by atoms with Crippen LogP contribution in [0.4, 0.5) is 10.1 Å². The molecular weight excluding hydrogens is 461 g/mol. The molecule has 0 atom stereocenters. The van der Waals surface area contributed by atoms with Crippen LogP contribution in [-0.2, 0) is 11.3 Å². The molecule has 0 spiro atoms.